The molecule has 0 radical (unpaired) electrons. The van der Waals surface area contributed by atoms with Crippen LogP contribution in [0.4, 0.5) is 5.69 Å². The van der Waals surface area contributed by atoms with Crippen LogP contribution < -0.4 is 5.01 Å². The first-order chi connectivity index (χ1) is 10.2. The molecule has 1 saturated heterocycles. The van der Waals surface area contributed by atoms with Crippen molar-refractivity contribution in [2.24, 2.45) is 11.0 Å². The van der Waals surface area contributed by atoms with Gasteiger partial charge in [0.25, 0.3) is 0 Å². The van der Waals surface area contributed by atoms with Gasteiger partial charge in [-0.2, -0.15) is 5.10 Å². The van der Waals surface area contributed by atoms with Crippen LogP contribution in [0.1, 0.15) is 25.3 Å². The molecule has 0 spiro atoms. The van der Waals surface area contributed by atoms with Crippen LogP contribution in [0.3, 0.4) is 0 Å². The van der Waals surface area contributed by atoms with Gasteiger partial charge >= 0.3 is 5.97 Å². The average molecular weight is 288 g/mol. The lowest BCUT2D eigenvalue weighted by molar-refractivity contribution is -0.135. The summed E-state index contributed by atoms with van der Waals surface area (Å²) in [5.41, 5.74) is 2.62. The van der Waals surface area contributed by atoms with Crippen molar-refractivity contribution in [1.29, 1.82) is 0 Å². The van der Waals surface area contributed by atoms with Crippen LogP contribution in [0.15, 0.2) is 29.4 Å². The van der Waals surface area contributed by atoms with Gasteiger partial charge in [0, 0.05) is 6.61 Å². The van der Waals surface area contributed by atoms with E-state index in [2.05, 4.69) is 5.10 Å². The molecule has 5 heteroatoms. The van der Waals surface area contributed by atoms with Crippen LogP contribution in [0, 0.1) is 12.8 Å². The molecule has 0 aliphatic carbocycles. The minimum Gasteiger partial charge on any atom is -0.461 e. The Labute approximate surface area is 124 Å². The van der Waals surface area contributed by atoms with Gasteiger partial charge in [-0.1, -0.05) is 17.7 Å². The fraction of sp³-hybridized carbons (Fsp3) is 0.500. The zero-order valence-corrected chi connectivity index (χ0v) is 12.4. The summed E-state index contributed by atoms with van der Waals surface area (Å²) < 4.78 is 11.0. The largest absolute Gasteiger partial charge is 0.461 e. The third-order valence-electron chi connectivity index (χ3n) is 3.88. The van der Waals surface area contributed by atoms with Crippen LogP contribution in [0.25, 0.3) is 0 Å². The Bertz CT molecular complexity index is 553. The molecule has 2 aliphatic rings. The second-order valence-electron chi connectivity index (χ2n) is 5.40. The highest BCUT2D eigenvalue weighted by atomic mass is 16.5. The normalized spacial score (nSPS) is 24.5. The van der Waals surface area contributed by atoms with E-state index >= 15 is 0 Å². The molecule has 1 fully saturated rings. The lowest BCUT2D eigenvalue weighted by Crippen LogP contribution is -2.40. The maximum absolute atomic E-state index is 12.1. The number of hydrogen-bond donors (Lipinski definition) is 0. The third kappa shape index (κ3) is 2.65. The lowest BCUT2D eigenvalue weighted by Gasteiger charge is -2.31. The van der Waals surface area contributed by atoms with Crippen LogP contribution in [0.5, 0.6) is 0 Å². The predicted molar refractivity (Wildman–Crippen MR) is 80.2 cm³/mol. The summed E-state index contributed by atoms with van der Waals surface area (Å²) in [6, 6.07) is 8.07. The van der Waals surface area contributed by atoms with Crippen LogP contribution >= 0.6 is 0 Å². The first-order valence-corrected chi connectivity index (χ1v) is 7.44. The van der Waals surface area contributed by atoms with Crippen molar-refractivity contribution in [3.8, 4) is 0 Å². The van der Waals surface area contributed by atoms with Gasteiger partial charge in [0.2, 0.25) is 0 Å². The predicted octanol–water partition coefficient (Wildman–Crippen LogP) is 2.49. The van der Waals surface area contributed by atoms with E-state index in [1.807, 2.05) is 36.2 Å². The van der Waals surface area contributed by atoms with Gasteiger partial charge in [0.15, 0.2) is 11.9 Å². The van der Waals surface area contributed by atoms with E-state index in [9.17, 15) is 4.79 Å². The first kappa shape index (κ1) is 14.1. The number of hydrazone groups is 1. The lowest BCUT2D eigenvalue weighted by atomic mass is 9.94. The fourth-order valence-corrected chi connectivity index (χ4v) is 2.83. The average Bonchev–Trinajstić information content (AvgIpc) is 2.88. The van der Waals surface area contributed by atoms with E-state index < -0.39 is 0 Å². The smallest absolute Gasteiger partial charge is 0.354 e. The second-order valence-corrected chi connectivity index (χ2v) is 5.40. The quantitative estimate of drug-likeness (QED) is 0.802. The summed E-state index contributed by atoms with van der Waals surface area (Å²) in [5.74, 6) is -0.327. The highest BCUT2D eigenvalue weighted by Crippen LogP contribution is 2.35. The number of esters is 1. The summed E-state index contributed by atoms with van der Waals surface area (Å²) in [6.45, 7) is 4.91. The zero-order chi connectivity index (χ0) is 14.8. The summed E-state index contributed by atoms with van der Waals surface area (Å²) in [5, 5.41) is 6.32. The second kappa shape index (κ2) is 5.85. The molecule has 3 rings (SSSR count). The van der Waals surface area contributed by atoms with Crippen molar-refractivity contribution < 1.29 is 14.3 Å². The Morgan fingerprint density at radius 3 is 2.90 bits per heavy atom. The number of ether oxygens (including phenoxy) is 2. The highest BCUT2D eigenvalue weighted by molar-refractivity contribution is 6.38. The number of nitrogens with zero attached hydrogens (tertiary/aromatic N) is 2. The molecule has 0 saturated carbocycles. The molecule has 112 valence electrons. The number of carbonyl (C=O) groups excluding carboxylic acids is 1. The number of fused-ring (bicyclic) bond motifs is 1. The minimum atomic E-state index is -0.326. The molecule has 21 heavy (non-hydrogen) atoms. The fourth-order valence-electron chi connectivity index (χ4n) is 2.83. The first-order valence-electron chi connectivity index (χ1n) is 7.44. The Kier molecular flexibility index (Phi) is 3.92. The van der Waals surface area contributed by atoms with Crippen molar-refractivity contribution in [3.05, 3.63) is 29.8 Å². The molecule has 2 aliphatic heterocycles. The number of rotatable bonds is 3. The molecule has 2 heterocycles. The zero-order valence-electron chi connectivity index (χ0n) is 12.4. The van der Waals surface area contributed by atoms with Crippen LogP contribution in [-0.4, -0.2) is 31.1 Å². The monoisotopic (exact) mass is 288 g/mol. The maximum Gasteiger partial charge on any atom is 0.354 e. The molecule has 5 nitrogen and oxygen atoms in total. The van der Waals surface area contributed by atoms with E-state index in [1.54, 1.807) is 6.92 Å². The van der Waals surface area contributed by atoms with Crippen LogP contribution in [-0.2, 0) is 14.3 Å². The van der Waals surface area contributed by atoms with E-state index in [4.69, 9.17) is 9.47 Å². The van der Waals surface area contributed by atoms with E-state index in [1.165, 1.54) is 5.56 Å². The maximum atomic E-state index is 12.1. The molecule has 0 N–H and O–H groups in total. The van der Waals surface area contributed by atoms with E-state index in [0.717, 1.165) is 18.5 Å². The number of anilines is 1. The number of carbonyl (C=O) groups is 1. The Balaban J connectivity index is 1.91. The molecule has 0 amide bonds. The number of hydrogen-bond acceptors (Lipinski definition) is 5. The SMILES string of the molecule is CCOC(=O)C1=NN(c2ccc(C)cc2)[C@@H]2OCCC[C@H]12. The topological polar surface area (TPSA) is 51.1 Å². The molecule has 0 unspecified atom stereocenters. The van der Waals surface area contributed by atoms with Crippen LogP contribution in [0.2, 0.25) is 0 Å². The molecule has 1 aromatic carbocycles. The Morgan fingerprint density at radius 2 is 2.19 bits per heavy atom. The van der Waals surface area contributed by atoms with Crippen molar-refractivity contribution in [2.45, 2.75) is 32.9 Å². The summed E-state index contributed by atoms with van der Waals surface area (Å²) in [7, 11) is 0. The Hall–Kier alpha value is -1.88. The summed E-state index contributed by atoms with van der Waals surface area (Å²) in [6.07, 6.45) is 1.66. The summed E-state index contributed by atoms with van der Waals surface area (Å²) in [4.78, 5) is 12.1. The molecule has 1 aromatic rings. The number of benzene rings is 1. The van der Waals surface area contributed by atoms with Crippen molar-refractivity contribution in [1.82, 2.24) is 0 Å². The van der Waals surface area contributed by atoms with E-state index in [0.29, 0.717) is 18.9 Å². The van der Waals surface area contributed by atoms with Gasteiger partial charge < -0.3 is 9.47 Å². The molecule has 0 bridgehead atoms. The molecular formula is C16H20N2O3. The molecule has 2 atom stereocenters. The van der Waals surface area contributed by atoms with Gasteiger partial charge in [-0.05, 0) is 38.8 Å². The molecular weight excluding hydrogens is 268 g/mol. The van der Waals surface area contributed by atoms with E-state index in [-0.39, 0.29) is 18.1 Å². The van der Waals surface area contributed by atoms with Gasteiger partial charge in [-0.3, -0.25) is 0 Å². The standard InChI is InChI=1S/C16H20N2O3/c1-3-20-16(19)14-13-5-4-10-21-15(13)18(17-14)12-8-6-11(2)7-9-12/h6-9,13,15H,3-5,10H2,1-2H3/t13-,15-/m1/s1. The van der Waals surface area contributed by atoms with Gasteiger partial charge in [0.05, 0.1) is 18.2 Å². The van der Waals surface area contributed by atoms with Crippen molar-refractivity contribution in [2.75, 3.05) is 18.2 Å². The van der Waals surface area contributed by atoms with Crippen molar-refractivity contribution >= 4 is 17.4 Å². The minimum absolute atomic E-state index is 0.000830. The van der Waals surface area contributed by atoms with Gasteiger partial charge in [0.1, 0.15) is 0 Å². The molecule has 0 aromatic heterocycles. The Morgan fingerprint density at radius 1 is 1.43 bits per heavy atom. The number of aryl methyl sites for hydroxylation is 1. The van der Waals surface area contributed by atoms with Gasteiger partial charge in [-0.25, -0.2) is 9.80 Å². The van der Waals surface area contributed by atoms with Crippen molar-refractivity contribution in [3.63, 3.8) is 0 Å². The van der Waals surface area contributed by atoms with Gasteiger partial charge in [-0.15, -0.1) is 0 Å². The highest BCUT2D eigenvalue weighted by Gasteiger charge is 2.44. The summed E-state index contributed by atoms with van der Waals surface area (Å²) >= 11 is 0. The third-order valence-corrected chi connectivity index (χ3v) is 3.88.